The summed E-state index contributed by atoms with van der Waals surface area (Å²) in [7, 11) is 1.42. The number of aldehydes is 1. The van der Waals surface area contributed by atoms with Gasteiger partial charge >= 0.3 is 5.91 Å². The number of hydrogen-bond donors (Lipinski definition) is 2. The lowest BCUT2D eigenvalue weighted by Gasteiger charge is -2.11. The topological polar surface area (TPSA) is 107 Å². The number of furan rings is 1. The Morgan fingerprint density at radius 2 is 2.04 bits per heavy atom. The minimum absolute atomic E-state index is 0.0670. The van der Waals surface area contributed by atoms with Crippen LogP contribution in [0.2, 0.25) is 0 Å². The predicted molar refractivity (Wildman–Crippen MR) is 78.2 cm³/mol. The van der Waals surface area contributed by atoms with Gasteiger partial charge in [0.15, 0.2) is 23.9 Å². The molecule has 0 fully saturated rings. The maximum absolute atomic E-state index is 11.6. The second kappa shape index (κ2) is 7.64. The molecule has 0 bridgehead atoms. The number of ether oxygens (including phenoxy) is 2. The van der Waals surface area contributed by atoms with Gasteiger partial charge in [0.2, 0.25) is 0 Å². The molecule has 23 heavy (non-hydrogen) atoms. The third-order valence-corrected chi connectivity index (χ3v) is 2.74. The Balaban J connectivity index is 1.84. The van der Waals surface area contributed by atoms with Gasteiger partial charge in [-0.1, -0.05) is 0 Å². The minimum Gasteiger partial charge on any atom is -0.493 e. The Kier molecular flexibility index (Phi) is 5.35. The first-order valence-corrected chi connectivity index (χ1v) is 6.52. The van der Waals surface area contributed by atoms with Crippen LogP contribution in [0.25, 0.3) is 0 Å². The molecule has 8 heteroatoms. The average Bonchev–Trinajstić information content (AvgIpc) is 3.12. The molecule has 0 saturated heterocycles. The molecule has 120 valence electrons. The van der Waals surface area contributed by atoms with Crippen molar-refractivity contribution in [3.63, 3.8) is 0 Å². The van der Waals surface area contributed by atoms with Crippen LogP contribution < -0.4 is 20.3 Å². The van der Waals surface area contributed by atoms with Gasteiger partial charge in [-0.25, -0.2) is 0 Å². The third-order valence-electron chi connectivity index (χ3n) is 2.74. The number of methoxy groups -OCH3 is 1. The van der Waals surface area contributed by atoms with Gasteiger partial charge in [-0.05, 0) is 30.3 Å². The van der Waals surface area contributed by atoms with Crippen molar-refractivity contribution >= 4 is 18.1 Å². The summed E-state index contributed by atoms with van der Waals surface area (Å²) in [6, 6.07) is 7.53. The fraction of sp³-hybridized carbons (Fsp3) is 0.133. The van der Waals surface area contributed by atoms with Crippen molar-refractivity contribution < 1.29 is 28.3 Å². The second-order valence-electron chi connectivity index (χ2n) is 4.30. The molecule has 8 nitrogen and oxygen atoms in total. The van der Waals surface area contributed by atoms with E-state index >= 15 is 0 Å². The Morgan fingerprint density at radius 1 is 1.22 bits per heavy atom. The SMILES string of the molecule is COc1cc(C=O)ccc1OCC(=O)NNC(=O)c1ccco1. The second-order valence-corrected chi connectivity index (χ2v) is 4.30. The number of rotatable bonds is 6. The summed E-state index contributed by atoms with van der Waals surface area (Å²) in [5, 5.41) is 0. The van der Waals surface area contributed by atoms with Crippen LogP contribution in [0.5, 0.6) is 11.5 Å². The highest BCUT2D eigenvalue weighted by Crippen LogP contribution is 2.27. The number of carbonyl (C=O) groups is 3. The van der Waals surface area contributed by atoms with Crippen LogP contribution in [0.1, 0.15) is 20.9 Å². The molecule has 1 aromatic carbocycles. The van der Waals surface area contributed by atoms with Crippen molar-refractivity contribution in [1.29, 1.82) is 0 Å². The minimum atomic E-state index is -0.587. The number of hydrazine groups is 1. The van der Waals surface area contributed by atoms with Crippen LogP contribution in [0.4, 0.5) is 0 Å². The number of nitrogens with one attached hydrogen (secondary N) is 2. The largest absolute Gasteiger partial charge is 0.493 e. The van der Waals surface area contributed by atoms with Crippen LogP contribution in [-0.2, 0) is 4.79 Å². The van der Waals surface area contributed by atoms with Crippen LogP contribution in [-0.4, -0.2) is 31.8 Å². The molecule has 0 spiro atoms. The van der Waals surface area contributed by atoms with E-state index in [0.29, 0.717) is 23.3 Å². The first kappa shape index (κ1) is 16.1. The van der Waals surface area contributed by atoms with E-state index in [0.717, 1.165) is 0 Å². The molecular weight excluding hydrogens is 304 g/mol. The zero-order valence-corrected chi connectivity index (χ0v) is 12.2. The highest BCUT2D eigenvalue weighted by molar-refractivity contribution is 5.93. The van der Waals surface area contributed by atoms with Crippen molar-refractivity contribution in [2.45, 2.75) is 0 Å². The molecule has 2 amide bonds. The standard InChI is InChI=1S/C15H14N2O6/c1-21-13-7-10(8-18)4-5-11(13)23-9-14(19)16-17-15(20)12-3-2-6-22-12/h2-8H,9H2,1H3,(H,16,19)(H,17,20). The van der Waals surface area contributed by atoms with Crippen LogP contribution in [0.15, 0.2) is 41.0 Å². The summed E-state index contributed by atoms with van der Waals surface area (Å²) in [4.78, 5) is 33.9. The Hall–Kier alpha value is -3.29. The number of benzene rings is 1. The van der Waals surface area contributed by atoms with E-state index in [1.165, 1.54) is 37.6 Å². The normalized spacial score (nSPS) is 9.78. The molecule has 0 radical (unpaired) electrons. The highest BCUT2D eigenvalue weighted by Gasteiger charge is 2.11. The van der Waals surface area contributed by atoms with Gasteiger partial charge in [0, 0.05) is 5.56 Å². The lowest BCUT2D eigenvalue weighted by molar-refractivity contribution is -0.123. The van der Waals surface area contributed by atoms with Gasteiger partial charge < -0.3 is 13.9 Å². The van der Waals surface area contributed by atoms with E-state index in [1.807, 2.05) is 0 Å². The van der Waals surface area contributed by atoms with Gasteiger partial charge in [0.25, 0.3) is 5.91 Å². The third kappa shape index (κ3) is 4.34. The molecule has 2 rings (SSSR count). The van der Waals surface area contributed by atoms with E-state index in [-0.39, 0.29) is 12.4 Å². The molecule has 2 aromatic rings. The van der Waals surface area contributed by atoms with Crippen molar-refractivity contribution in [1.82, 2.24) is 10.9 Å². The first-order chi connectivity index (χ1) is 11.1. The van der Waals surface area contributed by atoms with Gasteiger partial charge in [0.1, 0.15) is 6.29 Å². The summed E-state index contributed by atoms with van der Waals surface area (Å²) < 4.78 is 15.2. The zero-order chi connectivity index (χ0) is 16.7. The molecule has 1 aromatic heterocycles. The summed E-state index contributed by atoms with van der Waals surface area (Å²) in [6.07, 6.45) is 2.01. The Bertz CT molecular complexity index is 696. The summed E-state index contributed by atoms with van der Waals surface area (Å²) in [5.74, 6) is -0.479. The lowest BCUT2D eigenvalue weighted by atomic mass is 10.2. The van der Waals surface area contributed by atoms with E-state index in [4.69, 9.17) is 13.9 Å². The smallest absolute Gasteiger partial charge is 0.305 e. The summed E-state index contributed by atoms with van der Waals surface area (Å²) in [6.45, 7) is -0.352. The van der Waals surface area contributed by atoms with E-state index in [1.54, 1.807) is 6.07 Å². The highest BCUT2D eigenvalue weighted by atomic mass is 16.5. The van der Waals surface area contributed by atoms with Crippen molar-refractivity contribution in [2.75, 3.05) is 13.7 Å². The van der Waals surface area contributed by atoms with Crippen molar-refractivity contribution in [3.8, 4) is 11.5 Å². The summed E-state index contributed by atoms with van der Waals surface area (Å²) in [5.41, 5.74) is 4.78. The summed E-state index contributed by atoms with van der Waals surface area (Å²) >= 11 is 0. The maximum Gasteiger partial charge on any atom is 0.305 e. The number of hydrogen-bond acceptors (Lipinski definition) is 6. The van der Waals surface area contributed by atoms with Crippen LogP contribution in [0.3, 0.4) is 0 Å². The van der Waals surface area contributed by atoms with Gasteiger partial charge in [0.05, 0.1) is 13.4 Å². The molecule has 0 unspecified atom stereocenters. The number of amides is 2. The molecule has 0 aliphatic heterocycles. The fourth-order valence-electron chi connectivity index (χ4n) is 1.65. The van der Waals surface area contributed by atoms with E-state index in [9.17, 15) is 14.4 Å². The van der Waals surface area contributed by atoms with Gasteiger partial charge in [-0.3, -0.25) is 25.2 Å². The first-order valence-electron chi connectivity index (χ1n) is 6.52. The molecule has 0 atom stereocenters. The van der Waals surface area contributed by atoms with E-state index in [2.05, 4.69) is 10.9 Å². The van der Waals surface area contributed by atoms with Crippen LogP contribution >= 0.6 is 0 Å². The molecule has 2 N–H and O–H groups in total. The average molecular weight is 318 g/mol. The Morgan fingerprint density at radius 3 is 2.70 bits per heavy atom. The molecule has 0 saturated carbocycles. The number of carbonyl (C=O) groups excluding carboxylic acids is 3. The van der Waals surface area contributed by atoms with Crippen molar-refractivity contribution in [2.24, 2.45) is 0 Å². The molecule has 0 aliphatic rings. The molecule has 0 aliphatic carbocycles. The maximum atomic E-state index is 11.6. The zero-order valence-electron chi connectivity index (χ0n) is 12.2. The fourth-order valence-corrected chi connectivity index (χ4v) is 1.65. The predicted octanol–water partition coefficient (Wildman–Crippen LogP) is 0.941. The van der Waals surface area contributed by atoms with E-state index < -0.39 is 11.8 Å². The quantitative estimate of drug-likeness (QED) is 0.606. The lowest BCUT2D eigenvalue weighted by Crippen LogP contribution is -2.43. The Labute approximate surface area is 131 Å². The van der Waals surface area contributed by atoms with Crippen LogP contribution in [0, 0.1) is 0 Å². The molecular formula is C15H14N2O6. The van der Waals surface area contributed by atoms with Crippen molar-refractivity contribution in [3.05, 3.63) is 47.9 Å². The van der Waals surface area contributed by atoms with Gasteiger partial charge in [-0.2, -0.15) is 0 Å². The molecule has 1 heterocycles. The van der Waals surface area contributed by atoms with Gasteiger partial charge in [-0.15, -0.1) is 0 Å². The monoisotopic (exact) mass is 318 g/mol.